The molecule has 5 nitrogen and oxygen atoms in total. The monoisotopic (exact) mass is 172 g/mol. The van der Waals surface area contributed by atoms with Crippen molar-refractivity contribution in [3.63, 3.8) is 0 Å². The summed E-state index contributed by atoms with van der Waals surface area (Å²) >= 11 is 0. The van der Waals surface area contributed by atoms with Gasteiger partial charge in [-0.1, -0.05) is 0 Å². The molecular weight excluding hydrogens is 160 g/mol. The molecule has 12 heavy (non-hydrogen) atoms. The van der Waals surface area contributed by atoms with E-state index in [-0.39, 0.29) is 5.97 Å². The Kier molecular flexibility index (Phi) is 3.04. The summed E-state index contributed by atoms with van der Waals surface area (Å²) in [6, 6.07) is -0.457. The summed E-state index contributed by atoms with van der Waals surface area (Å²) in [5.74, 6) is -0.366. The van der Waals surface area contributed by atoms with E-state index in [0.29, 0.717) is 19.5 Å². The molecule has 1 saturated heterocycles. The maximum absolute atomic E-state index is 11.1. The molecule has 68 valence electrons. The molecule has 0 aromatic rings. The van der Waals surface area contributed by atoms with Crippen molar-refractivity contribution in [3.8, 4) is 0 Å². The van der Waals surface area contributed by atoms with Crippen molar-refractivity contribution in [2.24, 2.45) is 0 Å². The zero-order valence-corrected chi connectivity index (χ0v) is 6.95. The van der Waals surface area contributed by atoms with E-state index < -0.39 is 6.04 Å². The minimum absolute atomic E-state index is 0.366. The maximum Gasteiger partial charge on any atom is 0.329 e. The van der Waals surface area contributed by atoms with Gasteiger partial charge in [0.1, 0.15) is 6.04 Å². The summed E-state index contributed by atoms with van der Waals surface area (Å²) in [5.41, 5.74) is 0. The van der Waals surface area contributed by atoms with E-state index in [1.54, 1.807) is 0 Å². The Morgan fingerprint density at radius 2 is 2.50 bits per heavy atom. The Labute approximate surface area is 70.7 Å². The lowest BCUT2D eigenvalue weighted by Crippen LogP contribution is -2.54. The summed E-state index contributed by atoms with van der Waals surface area (Å²) in [4.78, 5) is 23.0. The average molecular weight is 172 g/mol. The van der Waals surface area contributed by atoms with Crippen LogP contribution in [-0.2, 0) is 14.3 Å². The molecule has 1 unspecified atom stereocenters. The molecule has 0 aromatic heterocycles. The van der Waals surface area contributed by atoms with E-state index in [4.69, 9.17) is 0 Å². The topological polar surface area (TPSA) is 58.6 Å². The van der Waals surface area contributed by atoms with Crippen LogP contribution in [0.3, 0.4) is 0 Å². The number of hydrogen-bond acceptors (Lipinski definition) is 4. The number of rotatable bonds is 2. The highest BCUT2D eigenvalue weighted by atomic mass is 16.5. The number of nitrogens with zero attached hydrogens (tertiary/aromatic N) is 1. The molecule has 0 aliphatic carbocycles. The van der Waals surface area contributed by atoms with Gasteiger partial charge in [0, 0.05) is 19.6 Å². The van der Waals surface area contributed by atoms with Crippen molar-refractivity contribution < 1.29 is 14.3 Å². The number of hydrogen-bond donors (Lipinski definition) is 1. The van der Waals surface area contributed by atoms with E-state index in [0.717, 1.165) is 6.54 Å². The van der Waals surface area contributed by atoms with Gasteiger partial charge >= 0.3 is 5.97 Å². The smallest absolute Gasteiger partial charge is 0.329 e. The van der Waals surface area contributed by atoms with Crippen molar-refractivity contribution in [2.45, 2.75) is 6.04 Å². The number of nitrogens with one attached hydrogen (secondary N) is 1. The summed E-state index contributed by atoms with van der Waals surface area (Å²) in [6.07, 6.45) is 0.683. The van der Waals surface area contributed by atoms with Crippen LogP contribution in [0.2, 0.25) is 0 Å². The highest BCUT2D eigenvalue weighted by Gasteiger charge is 2.27. The Bertz CT molecular complexity index is 183. The molecule has 1 amide bonds. The van der Waals surface area contributed by atoms with Crippen molar-refractivity contribution in [1.82, 2.24) is 10.2 Å². The van der Waals surface area contributed by atoms with Gasteiger partial charge in [-0.25, -0.2) is 4.79 Å². The predicted molar refractivity (Wildman–Crippen MR) is 41.4 cm³/mol. The first-order chi connectivity index (χ1) is 5.79. The Hall–Kier alpha value is -1.10. The van der Waals surface area contributed by atoms with Gasteiger partial charge in [0.2, 0.25) is 6.41 Å². The van der Waals surface area contributed by atoms with Crippen LogP contribution in [0.4, 0.5) is 0 Å². The van der Waals surface area contributed by atoms with E-state index in [1.807, 2.05) is 0 Å². The molecule has 1 N–H and O–H groups in total. The second kappa shape index (κ2) is 4.06. The highest BCUT2D eigenvalue weighted by Crippen LogP contribution is 2.01. The number of ether oxygens (including phenoxy) is 1. The van der Waals surface area contributed by atoms with Crippen LogP contribution in [0.25, 0.3) is 0 Å². The van der Waals surface area contributed by atoms with Gasteiger partial charge in [-0.05, 0) is 0 Å². The second-order valence-corrected chi connectivity index (χ2v) is 2.59. The average Bonchev–Trinajstić information content (AvgIpc) is 2.16. The standard InChI is InChI=1S/C7H12N2O3/c1-12-7(11)6-4-8-2-3-9(6)5-10/h5-6,8H,2-4H2,1H3. The van der Waals surface area contributed by atoms with E-state index in [1.165, 1.54) is 12.0 Å². The zero-order valence-electron chi connectivity index (χ0n) is 6.95. The second-order valence-electron chi connectivity index (χ2n) is 2.59. The van der Waals surface area contributed by atoms with Crippen LogP contribution < -0.4 is 5.32 Å². The number of carbonyl (C=O) groups excluding carboxylic acids is 2. The lowest BCUT2D eigenvalue weighted by molar-refractivity contribution is -0.150. The van der Waals surface area contributed by atoms with Gasteiger partial charge in [0.25, 0.3) is 0 Å². The molecule has 1 heterocycles. The van der Waals surface area contributed by atoms with Crippen molar-refractivity contribution in [2.75, 3.05) is 26.7 Å². The third-order valence-corrected chi connectivity index (χ3v) is 1.89. The number of carbonyl (C=O) groups is 2. The summed E-state index contributed by atoms with van der Waals surface area (Å²) < 4.78 is 4.54. The molecule has 1 atom stereocenters. The molecule has 1 aliphatic heterocycles. The molecule has 0 saturated carbocycles. The Morgan fingerprint density at radius 1 is 1.75 bits per heavy atom. The molecule has 0 bridgehead atoms. The minimum atomic E-state index is -0.457. The molecular formula is C7H12N2O3. The Balaban J connectivity index is 2.58. The third kappa shape index (κ3) is 1.73. The third-order valence-electron chi connectivity index (χ3n) is 1.89. The Morgan fingerprint density at radius 3 is 3.08 bits per heavy atom. The molecule has 5 heteroatoms. The molecule has 1 fully saturated rings. The van der Waals surface area contributed by atoms with Gasteiger partial charge in [0.05, 0.1) is 7.11 Å². The van der Waals surface area contributed by atoms with Crippen molar-refractivity contribution in [1.29, 1.82) is 0 Å². The van der Waals surface area contributed by atoms with Crippen LogP contribution in [0.15, 0.2) is 0 Å². The van der Waals surface area contributed by atoms with Crippen LogP contribution in [-0.4, -0.2) is 50.1 Å². The predicted octanol–water partition coefficient (Wildman–Crippen LogP) is -1.41. The SMILES string of the molecule is COC(=O)C1CNCCN1C=O. The normalized spacial score (nSPS) is 23.4. The van der Waals surface area contributed by atoms with Gasteiger partial charge in [0.15, 0.2) is 0 Å². The van der Waals surface area contributed by atoms with E-state index in [2.05, 4.69) is 10.1 Å². The summed E-state index contributed by atoms with van der Waals surface area (Å²) in [6.45, 7) is 1.76. The number of amides is 1. The van der Waals surface area contributed by atoms with Gasteiger partial charge < -0.3 is 15.0 Å². The lowest BCUT2D eigenvalue weighted by atomic mass is 10.2. The quantitative estimate of drug-likeness (QED) is 0.410. The van der Waals surface area contributed by atoms with Gasteiger partial charge in [-0.3, -0.25) is 4.79 Å². The largest absolute Gasteiger partial charge is 0.467 e. The van der Waals surface area contributed by atoms with E-state index in [9.17, 15) is 9.59 Å². The fraction of sp³-hybridized carbons (Fsp3) is 0.714. The lowest BCUT2D eigenvalue weighted by Gasteiger charge is -2.30. The van der Waals surface area contributed by atoms with Crippen LogP contribution in [0.1, 0.15) is 0 Å². The summed E-state index contributed by atoms with van der Waals surface area (Å²) in [5, 5.41) is 3.01. The minimum Gasteiger partial charge on any atom is -0.467 e. The maximum atomic E-state index is 11.1. The number of piperazine rings is 1. The molecule has 0 radical (unpaired) electrons. The first-order valence-electron chi connectivity index (χ1n) is 3.79. The zero-order chi connectivity index (χ0) is 8.97. The first-order valence-corrected chi connectivity index (χ1v) is 3.79. The molecule has 1 aliphatic rings. The van der Waals surface area contributed by atoms with Crippen molar-refractivity contribution >= 4 is 12.4 Å². The number of esters is 1. The molecule has 0 spiro atoms. The van der Waals surface area contributed by atoms with Gasteiger partial charge in [-0.15, -0.1) is 0 Å². The van der Waals surface area contributed by atoms with Crippen molar-refractivity contribution in [3.05, 3.63) is 0 Å². The highest BCUT2D eigenvalue weighted by molar-refractivity contribution is 5.78. The number of methoxy groups -OCH3 is 1. The van der Waals surface area contributed by atoms with Crippen LogP contribution in [0.5, 0.6) is 0 Å². The fourth-order valence-corrected chi connectivity index (χ4v) is 1.20. The van der Waals surface area contributed by atoms with Gasteiger partial charge in [-0.2, -0.15) is 0 Å². The molecule has 0 aromatic carbocycles. The van der Waals surface area contributed by atoms with Crippen LogP contribution >= 0.6 is 0 Å². The fourth-order valence-electron chi connectivity index (χ4n) is 1.20. The molecule has 1 rings (SSSR count). The van der Waals surface area contributed by atoms with E-state index >= 15 is 0 Å². The summed E-state index contributed by atoms with van der Waals surface area (Å²) in [7, 11) is 1.32. The van der Waals surface area contributed by atoms with Crippen LogP contribution in [0, 0.1) is 0 Å². The first kappa shape index (κ1) is 8.99.